The summed E-state index contributed by atoms with van der Waals surface area (Å²) in [7, 11) is 0. The maximum Gasteiger partial charge on any atom is 0.0431 e. The fourth-order valence-corrected chi connectivity index (χ4v) is 6.07. The van der Waals surface area contributed by atoms with E-state index in [1.165, 1.54) is 148 Å². The summed E-state index contributed by atoms with van der Waals surface area (Å²) >= 11 is 0. The molecule has 0 fully saturated rings. The Bertz CT molecular complexity index is 663. The van der Waals surface area contributed by atoms with Crippen LogP contribution in [0.4, 0.5) is 0 Å². The maximum atomic E-state index is 9.27. The van der Waals surface area contributed by atoms with Gasteiger partial charge in [-0.05, 0) is 96.3 Å². The van der Waals surface area contributed by atoms with E-state index in [2.05, 4.69) is 62.5 Å². The lowest BCUT2D eigenvalue weighted by Gasteiger charge is -2.30. The highest BCUT2D eigenvalue weighted by Gasteiger charge is 2.23. The van der Waals surface area contributed by atoms with Crippen LogP contribution in [0.25, 0.3) is 0 Å². The van der Waals surface area contributed by atoms with Crippen LogP contribution in [0.5, 0.6) is 0 Å². The van der Waals surface area contributed by atoms with E-state index in [4.69, 9.17) is 5.73 Å². The molecule has 1 unspecified atom stereocenters. The molecule has 44 heavy (non-hydrogen) atoms. The number of rotatable bonds is 35. The monoisotopic (exact) mass is 614 g/mol. The molecule has 0 saturated heterocycles. The zero-order valence-corrected chi connectivity index (χ0v) is 30.1. The second kappa shape index (κ2) is 36.3. The van der Waals surface area contributed by atoms with Gasteiger partial charge in [-0.25, -0.2) is 0 Å². The van der Waals surface area contributed by atoms with Crippen molar-refractivity contribution in [3.05, 3.63) is 48.6 Å². The Morgan fingerprint density at radius 3 is 1.02 bits per heavy atom. The molecule has 0 radical (unpaired) electrons. The van der Waals surface area contributed by atoms with Crippen LogP contribution in [-0.4, -0.2) is 17.3 Å². The standard InChI is InChI=1S/C42H79NO/c1-3-5-7-9-11-13-15-17-19-21-23-25-27-29-31-33-35-39-42(43,40-36-37-41-44)38-34-32-30-28-26-24-22-20-18-16-14-12-10-8-6-4-2/h11-14,17-20,44H,3-10,15-16,21-41,43H2,1-2H3/b13-11-,14-12-,19-17-,20-18-. The third kappa shape index (κ3) is 33.8. The van der Waals surface area contributed by atoms with Gasteiger partial charge in [-0.1, -0.05) is 159 Å². The molecule has 2 nitrogen and oxygen atoms in total. The van der Waals surface area contributed by atoms with Gasteiger partial charge in [-0.15, -0.1) is 0 Å². The molecule has 0 aliphatic heterocycles. The molecule has 0 amide bonds. The van der Waals surface area contributed by atoms with E-state index in [0.717, 1.165) is 44.9 Å². The lowest BCUT2D eigenvalue weighted by Crippen LogP contribution is -2.39. The van der Waals surface area contributed by atoms with Gasteiger partial charge >= 0.3 is 0 Å². The summed E-state index contributed by atoms with van der Waals surface area (Å²) in [6.45, 7) is 4.83. The van der Waals surface area contributed by atoms with Crippen LogP contribution >= 0.6 is 0 Å². The highest BCUT2D eigenvalue weighted by Crippen LogP contribution is 2.26. The fraction of sp³-hybridized carbons (Fsp3) is 0.810. The van der Waals surface area contributed by atoms with Gasteiger partial charge in [-0.2, -0.15) is 0 Å². The summed E-state index contributed by atoms with van der Waals surface area (Å²) in [5.41, 5.74) is 6.95. The van der Waals surface area contributed by atoms with Gasteiger partial charge in [0.05, 0.1) is 0 Å². The lowest BCUT2D eigenvalue weighted by molar-refractivity contribution is 0.259. The Labute approximate surface area is 277 Å². The van der Waals surface area contributed by atoms with Crippen molar-refractivity contribution in [3.63, 3.8) is 0 Å². The molecule has 1 atom stereocenters. The third-order valence-electron chi connectivity index (χ3n) is 9.08. The average molecular weight is 614 g/mol. The number of aliphatic hydroxyl groups is 1. The first-order chi connectivity index (χ1) is 21.7. The van der Waals surface area contributed by atoms with E-state index in [9.17, 15) is 5.11 Å². The van der Waals surface area contributed by atoms with Crippen molar-refractivity contribution in [2.75, 3.05) is 6.61 Å². The van der Waals surface area contributed by atoms with Crippen molar-refractivity contribution >= 4 is 0 Å². The smallest absolute Gasteiger partial charge is 0.0431 e. The normalized spacial score (nSPS) is 13.8. The molecule has 0 aliphatic rings. The minimum Gasteiger partial charge on any atom is -0.396 e. The first kappa shape index (κ1) is 42.9. The molecule has 0 rings (SSSR count). The van der Waals surface area contributed by atoms with Crippen molar-refractivity contribution in [2.24, 2.45) is 5.73 Å². The minimum atomic E-state index is -0.0125. The van der Waals surface area contributed by atoms with E-state index in [-0.39, 0.29) is 5.54 Å². The predicted molar refractivity (Wildman–Crippen MR) is 200 cm³/mol. The van der Waals surface area contributed by atoms with Crippen molar-refractivity contribution in [2.45, 2.75) is 212 Å². The van der Waals surface area contributed by atoms with Crippen LogP contribution in [0.15, 0.2) is 48.6 Å². The van der Waals surface area contributed by atoms with Crippen molar-refractivity contribution in [3.8, 4) is 0 Å². The summed E-state index contributed by atoms with van der Waals surface area (Å²) in [6, 6.07) is 0. The number of aliphatic hydroxyl groups excluding tert-OH is 1. The minimum absolute atomic E-state index is 0.0125. The number of nitrogens with two attached hydrogens (primary N) is 1. The molecule has 3 N–H and O–H groups in total. The van der Waals surface area contributed by atoms with Crippen molar-refractivity contribution in [1.82, 2.24) is 0 Å². The van der Waals surface area contributed by atoms with Gasteiger partial charge in [0.25, 0.3) is 0 Å². The zero-order chi connectivity index (χ0) is 32.1. The Kier molecular flexibility index (Phi) is 35.4. The SMILES string of the molecule is CCCCC/C=C\C/C=C\CCCCCCCCCC(N)(CCCCO)CCCCCCCC/C=C\C/C=C\CCCCC. The molecule has 258 valence electrons. The quantitative estimate of drug-likeness (QED) is 0.0551. The molecule has 0 aromatic carbocycles. The largest absolute Gasteiger partial charge is 0.396 e. The lowest BCUT2D eigenvalue weighted by atomic mass is 9.83. The van der Waals surface area contributed by atoms with E-state index in [0.29, 0.717) is 6.61 Å². The highest BCUT2D eigenvalue weighted by molar-refractivity contribution is 4.93. The first-order valence-corrected chi connectivity index (χ1v) is 19.7. The molecule has 0 aromatic rings. The van der Waals surface area contributed by atoms with Crippen molar-refractivity contribution in [1.29, 1.82) is 0 Å². The van der Waals surface area contributed by atoms with Gasteiger partial charge in [-0.3, -0.25) is 0 Å². The van der Waals surface area contributed by atoms with Crippen LogP contribution in [0.3, 0.4) is 0 Å². The summed E-state index contributed by atoms with van der Waals surface area (Å²) in [5.74, 6) is 0. The van der Waals surface area contributed by atoms with Gasteiger partial charge < -0.3 is 10.8 Å². The predicted octanol–water partition coefficient (Wildman–Crippen LogP) is 13.6. The Balaban J connectivity index is 3.81. The van der Waals surface area contributed by atoms with Gasteiger partial charge in [0.1, 0.15) is 0 Å². The number of hydrogen-bond donors (Lipinski definition) is 2. The molecular formula is C42H79NO. The number of allylic oxidation sites excluding steroid dienone is 8. The molecule has 0 bridgehead atoms. The van der Waals surface area contributed by atoms with Crippen LogP contribution in [-0.2, 0) is 0 Å². The van der Waals surface area contributed by atoms with Crippen LogP contribution in [0.2, 0.25) is 0 Å². The Hall–Kier alpha value is -1.12. The fourth-order valence-electron chi connectivity index (χ4n) is 6.07. The molecule has 0 heterocycles. The molecule has 2 heteroatoms. The Morgan fingerprint density at radius 1 is 0.386 bits per heavy atom. The van der Waals surface area contributed by atoms with E-state index in [1.807, 2.05) is 0 Å². The number of hydrogen-bond acceptors (Lipinski definition) is 2. The summed E-state index contributed by atoms with van der Waals surface area (Å²) in [5, 5.41) is 9.27. The third-order valence-corrected chi connectivity index (χ3v) is 9.08. The molecule has 0 aromatic heterocycles. The van der Waals surface area contributed by atoms with Gasteiger partial charge in [0.2, 0.25) is 0 Å². The van der Waals surface area contributed by atoms with Crippen molar-refractivity contribution < 1.29 is 5.11 Å². The average Bonchev–Trinajstić information content (AvgIpc) is 3.02. The van der Waals surface area contributed by atoms with E-state index in [1.54, 1.807) is 0 Å². The molecular weight excluding hydrogens is 534 g/mol. The zero-order valence-electron chi connectivity index (χ0n) is 30.1. The second-order valence-corrected chi connectivity index (χ2v) is 13.6. The number of unbranched alkanes of at least 4 members (excludes halogenated alkanes) is 20. The summed E-state index contributed by atoms with van der Waals surface area (Å²) < 4.78 is 0. The van der Waals surface area contributed by atoms with Crippen LogP contribution in [0.1, 0.15) is 206 Å². The second-order valence-electron chi connectivity index (χ2n) is 13.6. The van der Waals surface area contributed by atoms with Crippen LogP contribution in [0, 0.1) is 0 Å². The van der Waals surface area contributed by atoms with E-state index < -0.39 is 0 Å². The van der Waals surface area contributed by atoms with Gasteiger partial charge in [0, 0.05) is 12.1 Å². The highest BCUT2D eigenvalue weighted by atomic mass is 16.2. The van der Waals surface area contributed by atoms with E-state index >= 15 is 0 Å². The first-order valence-electron chi connectivity index (χ1n) is 19.7. The maximum absolute atomic E-state index is 9.27. The Morgan fingerprint density at radius 2 is 0.682 bits per heavy atom. The molecule has 0 aliphatic carbocycles. The summed E-state index contributed by atoms with van der Waals surface area (Å²) in [4.78, 5) is 0. The van der Waals surface area contributed by atoms with Crippen LogP contribution < -0.4 is 5.73 Å². The van der Waals surface area contributed by atoms with Gasteiger partial charge in [0.15, 0.2) is 0 Å². The topological polar surface area (TPSA) is 46.2 Å². The molecule has 0 saturated carbocycles. The summed E-state index contributed by atoms with van der Waals surface area (Å²) in [6.07, 6.45) is 56.7. The molecule has 0 spiro atoms.